The number of aromatic hydroxyl groups is 1. The molecule has 53 heavy (non-hydrogen) atoms. The van der Waals surface area contributed by atoms with Crippen LogP contribution in [0.25, 0.3) is 39.5 Å². The first-order valence-corrected chi connectivity index (χ1v) is 17.2. The molecule has 12 nitrogen and oxygen atoms in total. The lowest BCUT2D eigenvalue weighted by atomic mass is 9.90. The number of benzene rings is 4. The highest BCUT2D eigenvalue weighted by atomic mass is 16.5. The van der Waals surface area contributed by atoms with E-state index in [2.05, 4.69) is 10.6 Å². The molecule has 2 amide bonds. The smallest absolute Gasteiger partial charge is 0.339 e. The predicted octanol–water partition coefficient (Wildman–Crippen LogP) is 4.14. The van der Waals surface area contributed by atoms with Crippen molar-refractivity contribution in [2.24, 2.45) is 0 Å². The van der Waals surface area contributed by atoms with Crippen LogP contribution in [0.5, 0.6) is 5.75 Å². The molecule has 0 aromatic heterocycles. The van der Waals surface area contributed by atoms with Gasteiger partial charge >= 0.3 is 5.97 Å². The van der Waals surface area contributed by atoms with Crippen LogP contribution < -0.4 is 25.5 Å². The third-order valence-electron chi connectivity index (χ3n) is 8.28. The average Bonchev–Trinajstić information content (AvgIpc) is 3.15. The zero-order valence-electron chi connectivity index (χ0n) is 30.4. The minimum atomic E-state index is -0.620. The molecule has 2 aliphatic rings. The Kier molecular flexibility index (Phi) is 13.3. The number of ether oxygens (including phenoxy) is 3. The zero-order valence-corrected chi connectivity index (χ0v) is 30.4. The van der Waals surface area contributed by atoms with Gasteiger partial charge in [-0.25, -0.2) is 9.37 Å². The summed E-state index contributed by atoms with van der Waals surface area (Å²) in [7, 11) is 7.86. The van der Waals surface area contributed by atoms with Crippen molar-refractivity contribution in [3.8, 4) is 28.2 Å². The molecular formula is C41H45N4O8+. The zero-order chi connectivity index (χ0) is 37.7. The van der Waals surface area contributed by atoms with Crippen molar-refractivity contribution in [3.63, 3.8) is 0 Å². The van der Waals surface area contributed by atoms with E-state index in [1.54, 1.807) is 42.5 Å². The standard InChI is InChI=1S/C41H44N4O8/c1-44(2)29-12-16-34-36(25-29)53-37-26-30(45(3)4)13-17-35(37)40(34)32-7-5-6-8-33(32)41(49)52-27-39(48)43-20-22-51-24-23-50-21-19-42-38(47)18-11-28-9-14-31(46)15-10-28/h5-18,25-26H,19-24,27H2,1-4H3,(H2-,42,43,46,47,48)/p+1. The van der Waals surface area contributed by atoms with Gasteiger partial charge in [-0.05, 0) is 53.6 Å². The van der Waals surface area contributed by atoms with Gasteiger partial charge in [-0.3, -0.25) is 9.59 Å². The van der Waals surface area contributed by atoms with Gasteiger partial charge in [0.05, 0.1) is 38.1 Å². The maximum Gasteiger partial charge on any atom is 0.339 e. The number of hydrogen-bond donors (Lipinski definition) is 3. The minimum absolute atomic E-state index is 0.164. The lowest BCUT2D eigenvalue weighted by Crippen LogP contribution is -2.32. The Hall–Kier alpha value is -5.98. The van der Waals surface area contributed by atoms with Gasteiger partial charge in [0.1, 0.15) is 31.2 Å². The average molecular weight is 722 g/mol. The second kappa shape index (κ2) is 18.5. The van der Waals surface area contributed by atoms with E-state index in [1.807, 2.05) is 86.2 Å². The number of rotatable bonds is 16. The summed E-state index contributed by atoms with van der Waals surface area (Å²) in [6.45, 7) is 1.30. The maximum atomic E-state index is 13.5. The van der Waals surface area contributed by atoms with Crippen LogP contribution >= 0.6 is 0 Å². The molecule has 0 spiro atoms. The van der Waals surface area contributed by atoms with E-state index < -0.39 is 18.5 Å². The Morgan fingerprint density at radius 3 is 2.26 bits per heavy atom. The molecule has 276 valence electrons. The Morgan fingerprint density at radius 1 is 0.830 bits per heavy atom. The summed E-state index contributed by atoms with van der Waals surface area (Å²) in [4.78, 5) is 39.9. The molecule has 0 radical (unpaired) electrons. The number of carbonyl (C=O) groups is 3. The second-order valence-electron chi connectivity index (χ2n) is 12.5. The fourth-order valence-electron chi connectivity index (χ4n) is 5.50. The Labute approximate surface area is 308 Å². The van der Waals surface area contributed by atoms with Crippen LogP contribution in [0.1, 0.15) is 15.9 Å². The summed E-state index contributed by atoms with van der Waals surface area (Å²) in [6, 6.07) is 25.7. The predicted molar refractivity (Wildman–Crippen MR) is 205 cm³/mol. The molecule has 3 N–H and O–H groups in total. The Balaban J connectivity index is 1.09. The molecule has 0 saturated heterocycles. The molecule has 1 aliphatic heterocycles. The molecule has 0 bridgehead atoms. The van der Waals surface area contributed by atoms with E-state index in [1.165, 1.54) is 6.08 Å². The van der Waals surface area contributed by atoms with E-state index in [-0.39, 0.29) is 24.8 Å². The fourth-order valence-corrected chi connectivity index (χ4v) is 5.50. The molecule has 1 heterocycles. The molecule has 5 rings (SSSR count). The van der Waals surface area contributed by atoms with Gasteiger partial charge < -0.3 is 39.3 Å². The Morgan fingerprint density at radius 2 is 1.55 bits per heavy atom. The number of nitrogens with zero attached hydrogens (tertiary/aromatic N) is 2. The minimum Gasteiger partial charge on any atom is -0.508 e. The SMILES string of the molecule is CN(C)c1ccc2c(-c3ccccc3C(=O)OCC(=O)NCCOCCOCCNC(=O)/C=C/c3ccc(O)cc3)c3ccc(=[N+](C)C)cc-3oc2c1. The number of nitrogens with one attached hydrogen (secondary N) is 2. The normalized spacial score (nSPS) is 11.2. The van der Waals surface area contributed by atoms with Crippen LogP contribution in [0.2, 0.25) is 0 Å². The summed E-state index contributed by atoms with van der Waals surface area (Å²) in [6.07, 6.45) is 3.06. The van der Waals surface area contributed by atoms with Crippen LogP contribution in [0.15, 0.2) is 95.4 Å². The molecule has 12 heteroatoms. The summed E-state index contributed by atoms with van der Waals surface area (Å²) >= 11 is 0. The van der Waals surface area contributed by atoms with Crippen LogP contribution in [-0.2, 0) is 23.8 Å². The van der Waals surface area contributed by atoms with Crippen molar-refractivity contribution in [2.45, 2.75) is 0 Å². The second-order valence-corrected chi connectivity index (χ2v) is 12.5. The Bertz CT molecular complexity index is 2120. The lowest BCUT2D eigenvalue weighted by Gasteiger charge is -2.19. The topological polar surface area (TPSA) is 143 Å². The quantitative estimate of drug-likeness (QED) is 0.0451. The molecule has 1 aliphatic carbocycles. The van der Waals surface area contributed by atoms with Crippen LogP contribution in [-0.4, -0.2) is 97.2 Å². The highest BCUT2D eigenvalue weighted by Crippen LogP contribution is 2.42. The molecule has 0 unspecified atom stereocenters. The summed E-state index contributed by atoms with van der Waals surface area (Å²) in [5.74, 6) is -0.489. The molecule has 0 atom stereocenters. The van der Waals surface area contributed by atoms with Crippen LogP contribution in [0, 0.1) is 0 Å². The van der Waals surface area contributed by atoms with E-state index in [0.717, 1.165) is 33.1 Å². The number of carbonyl (C=O) groups excluding carboxylic acids is 3. The number of phenols is 1. The van der Waals surface area contributed by atoms with Crippen molar-refractivity contribution in [3.05, 3.63) is 107 Å². The number of phenolic OH excluding ortho intramolecular Hbond substituents is 1. The van der Waals surface area contributed by atoms with E-state index in [0.29, 0.717) is 48.8 Å². The highest BCUT2D eigenvalue weighted by molar-refractivity contribution is 6.08. The monoisotopic (exact) mass is 721 g/mol. The van der Waals surface area contributed by atoms with Crippen LogP contribution in [0.4, 0.5) is 5.69 Å². The van der Waals surface area contributed by atoms with Crippen LogP contribution in [0.3, 0.4) is 0 Å². The van der Waals surface area contributed by atoms with Crippen molar-refractivity contribution >= 4 is 40.5 Å². The van der Waals surface area contributed by atoms with Crippen molar-refractivity contribution in [1.82, 2.24) is 15.2 Å². The first kappa shape index (κ1) is 38.3. The van der Waals surface area contributed by atoms with Crippen molar-refractivity contribution in [2.75, 3.05) is 79.2 Å². The van der Waals surface area contributed by atoms with E-state index in [4.69, 9.17) is 18.6 Å². The third-order valence-corrected chi connectivity index (χ3v) is 8.28. The first-order chi connectivity index (χ1) is 25.6. The van der Waals surface area contributed by atoms with Gasteiger partial charge in [-0.2, -0.15) is 0 Å². The van der Waals surface area contributed by atoms with E-state index >= 15 is 0 Å². The molecule has 3 aromatic rings. The van der Waals surface area contributed by atoms with Gasteiger partial charge in [-0.15, -0.1) is 0 Å². The maximum absolute atomic E-state index is 13.5. The number of esters is 1. The van der Waals surface area contributed by atoms with Gasteiger partial charge in [0.25, 0.3) is 5.91 Å². The fraction of sp³-hybridized carbons (Fsp3) is 0.268. The largest absolute Gasteiger partial charge is 0.508 e. The first-order valence-electron chi connectivity index (χ1n) is 17.2. The number of hydrogen-bond acceptors (Lipinski definition) is 9. The van der Waals surface area contributed by atoms with Gasteiger partial charge in [0.2, 0.25) is 11.3 Å². The van der Waals surface area contributed by atoms with Crippen molar-refractivity contribution < 1.29 is 38.1 Å². The van der Waals surface area contributed by atoms with Crippen molar-refractivity contribution in [1.29, 1.82) is 0 Å². The van der Waals surface area contributed by atoms with Gasteiger partial charge in [0, 0.05) is 67.6 Å². The molecule has 0 saturated carbocycles. The molecular weight excluding hydrogens is 676 g/mol. The lowest BCUT2D eigenvalue weighted by molar-refractivity contribution is -0.124. The number of amides is 2. The summed E-state index contributed by atoms with van der Waals surface area (Å²) in [5, 5.41) is 16.5. The van der Waals surface area contributed by atoms with Gasteiger partial charge in [0.15, 0.2) is 6.61 Å². The van der Waals surface area contributed by atoms with Gasteiger partial charge in [-0.1, -0.05) is 30.3 Å². The summed E-state index contributed by atoms with van der Waals surface area (Å²) in [5.41, 5.74) is 5.11. The number of fused-ring (bicyclic) bond motifs is 2. The highest BCUT2D eigenvalue weighted by Gasteiger charge is 2.23. The molecule has 3 aromatic carbocycles. The molecule has 0 fully saturated rings. The van der Waals surface area contributed by atoms with E-state index in [9.17, 15) is 19.5 Å². The third kappa shape index (κ3) is 10.5. The number of anilines is 1. The summed E-state index contributed by atoms with van der Waals surface area (Å²) < 4.78 is 24.9.